The SMILES string of the molecule is O=C(CCn1c(=O)[nH]c2ccccc21)N[C@H]1COC2(CCNCC2)C1. The standard InChI is InChI=1S/C18H24N4O3/c23-16(20-13-11-18(25-12-13)6-8-19-9-7-18)5-10-22-15-4-2-1-3-14(15)21-17(22)24/h1-4,13,19H,5-12H2,(H,20,23)(H,21,24)/t13-/m1/s1. The summed E-state index contributed by atoms with van der Waals surface area (Å²) in [4.78, 5) is 27.2. The summed E-state index contributed by atoms with van der Waals surface area (Å²) in [6.07, 6.45) is 3.18. The lowest BCUT2D eigenvalue weighted by atomic mass is 9.88. The zero-order chi connectivity index (χ0) is 17.3. The van der Waals surface area contributed by atoms with Crippen molar-refractivity contribution in [2.45, 2.75) is 43.9 Å². The minimum absolute atomic E-state index is 0.0308. The quantitative estimate of drug-likeness (QED) is 0.764. The minimum Gasteiger partial charge on any atom is -0.373 e. The number of aryl methyl sites for hydroxylation is 1. The van der Waals surface area contributed by atoms with Crippen LogP contribution in [0.25, 0.3) is 11.0 Å². The topological polar surface area (TPSA) is 88.2 Å². The summed E-state index contributed by atoms with van der Waals surface area (Å²) in [5.74, 6) is -0.0308. The number of rotatable bonds is 4. The van der Waals surface area contributed by atoms with Gasteiger partial charge < -0.3 is 20.4 Å². The average molecular weight is 344 g/mol. The van der Waals surface area contributed by atoms with Crippen LogP contribution >= 0.6 is 0 Å². The molecule has 7 nitrogen and oxygen atoms in total. The zero-order valence-electron chi connectivity index (χ0n) is 14.2. The number of aromatic nitrogens is 2. The third-order valence-corrected chi connectivity index (χ3v) is 5.33. The van der Waals surface area contributed by atoms with Gasteiger partial charge in [0.25, 0.3) is 0 Å². The van der Waals surface area contributed by atoms with E-state index in [4.69, 9.17) is 4.74 Å². The number of fused-ring (bicyclic) bond motifs is 1. The predicted octanol–water partition coefficient (Wildman–Crippen LogP) is 0.747. The minimum atomic E-state index is -0.174. The molecule has 7 heteroatoms. The molecule has 0 radical (unpaired) electrons. The van der Waals surface area contributed by atoms with Gasteiger partial charge in [-0.25, -0.2) is 4.79 Å². The van der Waals surface area contributed by atoms with Crippen molar-refractivity contribution in [2.24, 2.45) is 0 Å². The second-order valence-electron chi connectivity index (χ2n) is 7.06. The average Bonchev–Trinajstić information content (AvgIpc) is 3.14. The Morgan fingerprint density at radius 1 is 1.32 bits per heavy atom. The van der Waals surface area contributed by atoms with Crippen molar-refractivity contribution in [1.29, 1.82) is 0 Å². The molecule has 0 saturated carbocycles. The Hall–Kier alpha value is -2.12. The molecule has 0 aliphatic carbocycles. The third kappa shape index (κ3) is 3.34. The van der Waals surface area contributed by atoms with Crippen LogP contribution in [-0.4, -0.2) is 46.8 Å². The largest absolute Gasteiger partial charge is 0.373 e. The Bertz CT molecular complexity index is 819. The number of hydrogen-bond donors (Lipinski definition) is 3. The molecule has 2 saturated heterocycles. The highest BCUT2D eigenvalue weighted by atomic mass is 16.5. The number of nitrogens with one attached hydrogen (secondary N) is 3. The van der Waals surface area contributed by atoms with E-state index >= 15 is 0 Å². The van der Waals surface area contributed by atoms with Gasteiger partial charge in [-0.2, -0.15) is 0 Å². The molecule has 2 aromatic rings. The Kier molecular flexibility index (Phi) is 4.35. The van der Waals surface area contributed by atoms with Gasteiger partial charge in [-0.1, -0.05) is 12.1 Å². The van der Waals surface area contributed by atoms with Crippen molar-refractivity contribution in [1.82, 2.24) is 20.2 Å². The smallest absolute Gasteiger partial charge is 0.326 e. The summed E-state index contributed by atoms with van der Waals surface area (Å²) < 4.78 is 7.63. The van der Waals surface area contributed by atoms with E-state index in [1.165, 1.54) is 0 Å². The molecule has 0 bridgehead atoms. The number of carbonyl (C=O) groups is 1. The first-order valence-corrected chi connectivity index (χ1v) is 8.97. The summed E-state index contributed by atoms with van der Waals surface area (Å²) in [5, 5.41) is 6.42. The molecule has 1 aromatic heterocycles. The lowest BCUT2D eigenvalue weighted by Crippen LogP contribution is -2.43. The molecule has 3 heterocycles. The van der Waals surface area contributed by atoms with Gasteiger partial charge in [0, 0.05) is 13.0 Å². The van der Waals surface area contributed by atoms with E-state index in [-0.39, 0.29) is 29.7 Å². The second-order valence-corrected chi connectivity index (χ2v) is 7.06. The van der Waals surface area contributed by atoms with Gasteiger partial charge in [0.15, 0.2) is 0 Å². The molecular weight excluding hydrogens is 320 g/mol. The lowest BCUT2D eigenvalue weighted by molar-refractivity contribution is -0.122. The molecule has 2 aliphatic rings. The maximum atomic E-state index is 12.3. The molecule has 1 atom stereocenters. The fourth-order valence-electron chi connectivity index (χ4n) is 4.01. The number of aromatic amines is 1. The number of carbonyl (C=O) groups excluding carboxylic acids is 1. The van der Waals surface area contributed by atoms with Crippen LogP contribution in [0.3, 0.4) is 0 Å². The van der Waals surface area contributed by atoms with Crippen molar-refractivity contribution in [3.05, 3.63) is 34.7 Å². The third-order valence-electron chi connectivity index (χ3n) is 5.33. The molecule has 2 fully saturated rings. The molecule has 1 amide bonds. The number of amides is 1. The Balaban J connectivity index is 1.34. The van der Waals surface area contributed by atoms with E-state index in [0.29, 0.717) is 13.2 Å². The highest BCUT2D eigenvalue weighted by molar-refractivity contribution is 5.77. The highest BCUT2D eigenvalue weighted by Gasteiger charge is 2.41. The van der Waals surface area contributed by atoms with Crippen LogP contribution in [0.15, 0.2) is 29.1 Å². The first-order chi connectivity index (χ1) is 12.2. The fraction of sp³-hybridized carbons (Fsp3) is 0.556. The van der Waals surface area contributed by atoms with E-state index in [9.17, 15) is 9.59 Å². The second kappa shape index (κ2) is 6.65. The number of imidazole rings is 1. The molecule has 0 unspecified atom stereocenters. The number of hydrogen-bond acceptors (Lipinski definition) is 4. The number of para-hydroxylation sites is 2. The molecular formula is C18H24N4O3. The Labute approximate surface area is 145 Å². The molecule has 4 rings (SSSR count). The van der Waals surface area contributed by atoms with Crippen LogP contribution < -0.4 is 16.3 Å². The van der Waals surface area contributed by atoms with Gasteiger partial charge in [0.2, 0.25) is 5.91 Å². The maximum absolute atomic E-state index is 12.3. The first-order valence-electron chi connectivity index (χ1n) is 8.97. The van der Waals surface area contributed by atoms with Gasteiger partial charge in [-0.15, -0.1) is 0 Å². The maximum Gasteiger partial charge on any atom is 0.326 e. The number of piperidine rings is 1. The van der Waals surface area contributed by atoms with Crippen LogP contribution in [0.4, 0.5) is 0 Å². The number of nitrogens with zero attached hydrogens (tertiary/aromatic N) is 1. The Morgan fingerprint density at radius 3 is 2.96 bits per heavy atom. The normalized spacial score (nSPS) is 22.5. The van der Waals surface area contributed by atoms with E-state index in [0.717, 1.165) is 43.4 Å². The van der Waals surface area contributed by atoms with Crippen molar-refractivity contribution in [3.8, 4) is 0 Å². The van der Waals surface area contributed by atoms with Crippen LogP contribution in [-0.2, 0) is 16.1 Å². The van der Waals surface area contributed by atoms with Crippen LogP contribution in [0, 0.1) is 0 Å². The summed E-state index contributed by atoms with van der Waals surface area (Å²) >= 11 is 0. The van der Waals surface area contributed by atoms with Gasteiger partial charge in [0.05, 0.1) is 29.3 Å². The monoisotopic (exact) mass is 344 g/mol. The molecule has 1 aromatic carbocycles. The van der Waals surface area contributed by atoms with E-state index in [1.807, 2.05) is 24.3 Å². The van der Waals surface area contributed by atoms with E-state index < -0.39 is 0 Å². The Morgan fingerprint density at radius 2 is 2.12 bits per heavy atom. The van der Waals surface area contributed by atoms with Crippen LogP contribution in [0.5, 0.6) is 0 Å². The molecule has 3 N–H and O–H groups in total. The first kappa shape index (κ1) is 16.4. The van der Waals surface area contributed by atoms with Gasteiger partial charge in [-0.3, -0.25) is 9.36 Å². The van der Waals surface area contributed by atoms with Crippen LogP contribution in [0.2, 0.25) is 0 Å². The van der Waals surface area contributed by atoms with Crippen LogP contribution in [0.1, 0.15) is 25.7 Å². The number of ether oxygens (including phenoxy) is 1. The summed E-state index contributed by atoms with van der Waals surface area (Å²) in [7, 11) is 0. The predicted molar refractivity (Wildman–Crippen MR) is 94.5 cm³/mol. The van der Waals surface area contributed by atoms with Gasteiger partial charge >= 0.3 is 5.69 Å². The highest BCUT2D eigenvalue weighted by Crippen LogP contribution is 2.33. The van der Waals surface area contributed by atoms with Crippen molar-refractivity contribution >= 4 is 16.9 Å². The van der Waals surface area contributed by atoms with Gasteiger partial charge in [-0.05, 0) is 44.5 Å². The zero-order valence-corrected chi connectivity index (χ0v) is 14.2. The van der Waals surface area contributed by atoms with Crippen molar-refractivity contribution in [3.63, 3.8) is 0 Å². The number of benzene rings is 1. The fourth-order valence-corrected chi connectivity index (χ4v) is 4.01. The summed E-state index contributed by atoms with van der Waals surface area (Å²) in [6.45, 7) is 2.91. The van der Waals surface area contributed by atoms with E-state index in [2.05, 4.69) is 15.6 Å². The molecule has 134 valence electrons. The van der Waals surface area contributed by atoms with Gasteiger partial charge in [0.1, 0.15) is 0 Å². The van der Waals surface area contributed by atoms with Crippen molar-refractivity contribution in [2.75, 3.05) is 19.7 Å². The summed E-state index contributed by atoms with van der Waals surface area (Å²) in [5.41, 5.74) is 1.40. The molecule has 1 spiro atoms. The van der Waals surface area contributed by atoms with Crippen molar-refractivity contribution < 1.29 is 9.53 Å². The van der Waals surface area contributed by atoms with E-state index in [1.54, 1.807) is 4.57 Å². The summed E-state index contributed by atoms with van der Waals surface area (Å²) in [6, 6.07) is 7.59. The number of H-pyrrole nitrogens is 1. The molecule has 25 heavy (non-hydrogen) atoms. The lowest BCUT2D eigenvalue weighted by Gasteiger charge is -2.32. The molecule has 2 aliphatic heterocycles.